The maximum absolute atomic E-state index is 13.3. The van der Waals surface area contributed by atoms with E-state index in [0.29, 0.717) is 18.5 Å². The summed E-state index contributed by atoms with van der Waals surface area (Å²) >= 11 is 0. The van der Waals surface area contributed by atoms with Gasteiger partial charge < -0.3 is 10.4 Å². The van der Waals surface area contributed by atoms with E-state index in [1.807, 2.05) is 24.3 Å². The smallest absolute Gasteiger partial charge is 0.250 e. The molecular weight excluding hydrogens is 318 g/mol. The maximum Gasteiger partial charge on any atom is 0.250 e. The summed E-state index contributed by atoms with van der Waals surface area (Å²) in [7, 11) is 0. The van der Waals surface area contributed by atoms with Gasteiger partial charge in [-0.3, -0.25) is 19.4 Å². The Morgan fingerprint density at radius 3 is 2.76 bits per heavy atom. The van der Waals surface area contributed by atoms with Crippen molar-refractivity contribution in [1.82, 2.24) is 4.90 Å². The molecule has 2 N–H and O–H groups in total. The van der Waals surface area contributed by atoms with Gasteiger partial charge in [-0.2, -0.15) is 0 Å². The van der Waals surface area contributed by atoms with Gasteiger partial charge in [0, 0.05) is 6.04 Å². The number of rotatable bonds is 3. The van der Waals surface area contributed by atoms with E-state index in [1.165, 1.54) is 0 Å². The molecule has 6 nitrogen and oxygen atoms in total. The lowest BCUT2D eigenvalue weighted by Gasteiger charge is -2.45. The summed E-state index contributed by atoms with van der Waals surface area (Å²) in [6.45, 7) is 1.16. The molecule has 0 unspecified atom stereocenters. The summed E-state index contributed by atoms with van der Waals surface area (Å²) < 4.78 is 0. The number of hydrogen-bond acceptors (Lipinski definition) is 4. The molecule has 1 saturated carbocycles. The fraction of sp³-hybridized carbons (Fsp3) is 0.579. The van der Waals surface area contributed by atoms with Crippen LogP contribution in [0.25, 0.3) is 0 Å². The van der Waals surface area contributed by atoms with E-state index in [9.17, 15) is 14.7 Å². The molecule has 1 aliphatic carbocycles. The standard InChI is InChI=1S/C19H25N3O3/c23-13-14-6-5-11-21(14)12-17(24)22-16-8-2-1-7-15(16)20-18(25)19(22)9-3-4-10-19/h1-2,7-8,14,23H,3-6,9-13H2,(H,20,25)/t14-/m0/s1. The minimum Gasteiger partial charge on any atom is -0.395 e. The van der Waals surface area contributed by atoms with Crippen LogP contribution >= 0.6 is 0 Å². The van der Waals surface area contributed by atoms with Crippen LogP contribution in [0.5, 0.6) is 0 Å². The Balaban J connectivity index is 1.68. The van der Waals surface area contributed by atoms with Crippen molar-refractivity contribution in [3.8, 4) is 0 Å². The first kappa shape index (κ1) is 16.5. The Kier molecular flexibility index (Phi) is 4.25. The molecule has 25 heavy (non-hydrogen) atoms. The predicted octanol–water partition coefficient (Wildman–Crippen LogP) is 1.74. The fourth-order valence-electron chi connectivity index (χ4n) is 4.68. The zero-order chi connectivity index (χ0) is 17.4. The Morgan fingerprint density at radius 2 is 2.00 bits per heavy atom. The van der Waals surface area contributed by atoms with E-state index in [0.717, 1.165) is 37.9 Å². The molecule has 2 fully saturated rings. The first-order chi connectivity index (χ1) is 12.2. The van der Waals surface area contributed by atoms with Crippen molar-refractivity contribution >= 4 is 23.2 Å². The molecule has 2 amide bonds. The van der Waals surface area contributed by atoms with Gasteiger partial charge in [0.25, 0.3) is 5.91 Å². The molecule has 2 heterocycles. The van der Waals surface area contributed by atoms with Crippen LogP contribution in [0, 0.1) is 0 Å². The number of aliphatic hydroxyl groups excluding tert-OH is 1. The van der Waals surface area contributed by atoms with Crippen molar-refractivity contribution in [1.29, 1.82) is 0 Å². The van der Waals surface area contributed by atoms with Crippen molar-refractivity contribution < 1.29 is 14.7 Å². The molecule has 0 aromatic heterocycles. The highest BCUT2D eigenvalue weighted by Gasteiger charge is 2.52. The molecule has 1 saturated heterocycles. The van der Waals surface area contributed by atoms with Crippen molar-refractivity contribution in [2.75, 3.05) is 29.9 Å². The molecule has 3 aliphatic rings. The number of nitrogens with one attached hydrogen (secondary N) is 1. The first-order valence-electron chi connectivity index (χ1n) is 9.24. The molecule has 0 radical (unpaired) electrons. The van der Waals surface area contributed by atoms with Gasteiger partial charge in [0.05, 0.1) is 24.5 Å². The molecule has 1 aromatic rings. The van der Waals surface area contributed by atoms with Gasteiger partial charge in [0.15, 0.2) is 0 Å². The lowest BCUT2D eigenvalue weighted by molar-refractivity contribution is -0.128. The highest BCUT2D eigenvalue weighted by molar-refractivity contribution is 6.15. The number of aliphatic hydroxyl groups is 1. The number of amides is 2. The Morgan fingerprint density at radius 1 is 1.24 bits per heavy atom. The normalized spacial score (nSPS) is 25.2. The second-order valence-electron chi connectivity index (χ2n) is 7.39. The van der Waals surface area contributed by atoms with Gasteiger partial charge in [0.1, 0.15) is 5.54 Å². The summed E-state index contributed by atoms with van der Waals surface area (Å²) in [4.78, 5) is 30.0. The maximum atomic E-state index is 13.3. The van der Waals surface area contributed by atoms with Gasteiger partial charge in [0.2, 0.25) is 5.91 Å². The third-order valence-electron chi connectivity index (χ3n) is 5.97. The van der Waals surface area contributed by atoms with E-state index >= 15 is 0 Å². The number of likely N-dealkylation sites (tertiary alicyclic amines) is 1. The van der Waals surface area contributed by atoms with E-state index in [2.05, 4.69) is 10.2 Å². The zero-order valence-corrected chi connectivity index (χ0v) is 14.4. The van der Waals surface area contributed by atoms with Crippen LogP contribution in [-0.4, -0.2) is 53.1 Å². The monoisotopic (exact) mass is 343 g/mol. The van der Waals surface area contributed by atoms with Crippen LogP contribution in [0.1, 0.15) is 38.5 Å². The second-order valence-corrected chi connectivity index (χ2v) is 7.39. The summed E-state index contributed by atoms with van der Waals surface area (Å²) in [6.07, 6.45) is 5.27. The average molecular weight is 343 g/mol. The molecule has 6 heteroatoms. The fourth-order valence-corrected chi connectivity index (χ4v) is 4.68. The second kappa shape index (κ2) is 6.42. The van der Waals surface area contributed by atoms with Crippen molar-refractivity contribution in [2.24, 2.45) is 0 Å². The van der Waals surface area contributed by atoms with E-state index in [-0.39, 0.29) is 31.0 Å². The van der Waals surface area contributed by atoms with Gasteiger partial charge >= 0.3 is 0 Å². The van der Waals surface area contributed by atoms with Gasteiger partial charge in [-0.25, -0.2) is 0 Å². The quantitative estimate of drug-likeness (QED) is 0.877. The van der Waals surface area contributed by atoms with Gasteiger partial charge in [-0.05, 0) is 44.4 Å². The molecule has 4 rings (SSSR count). The number of fused-ring (bicyclic) bond motifs is 1. The molecule has 134 valence electrons. The number of anilines is 2. The number of benzene rings is 1. The highest BCUT2D eigenvalue weighted by atomic mass is 16.3. The topological polar surface area (TPSA) is 72.9 Å². The molecule has 1 aromatic carbocycles. The molecule has 0 bridgehead atoms. The predicted molar refractivity (Wildman–Crippen MR) is 95.4 cm³/mol. The van der Waals surface area contributed by atoms with E-state index < -0.39 is 5.54 Å². The van der Waals surface area contributed by atoms with Crippen LogP contribution in [0.4, 0.5) is 11.4 Å². The van der Waals surface area contributed by atoms with Gasteiger partial charge in [-0.15, -0.1) is 0 Å². The average Bonchev–Trinajstić information content (AvgIpc) is 3.26. The Labute approximate surface area is 147 Å². The largest absolute Gasteiger partial charge is 0.395 e. The van der Waals surface area contributed by atoms with Crippen LogP contribution < -0.4 is 10.2 Å². The number of carbonyl (C=O) groups excluding carboxylic acids is 2. The molecule has 1 spiro atoms. The molecule has 1 atom stereocenters. The summed E-state index contributed by atoms with van der Waals surface area (Å²) in [5, 5.41) is 12.5. The third kappa shape index (κ3) is 2.64. The Hall–Kier alpha value is -1.92. The molecular formula is C19H25N3O3. The molecule has 2 aliphatic heterocycles. The SMILES string of the molecule is O=C(CN1CCC[C@H]1CO)N1c2ccccc2NC(=O)C12CCCC2. The summed E-state index contributed by atoms with van der Waals surface area (Å²) in [5.41, 5.74) is 0.757. The van der Waals surface area contributed by atoms with Crippen LogP contribution in [0.3, 0.4) is 0 Å². The van der Waals surface area contributed by atoms with Crippen LogP contribution in [-0.2, 0) is 9.59 Å². The lowest BCUT2D eigenvalue weighted by Crippen LogP contribution is -2.62. The zero-order valence-electron chi connectivity index (χ0n) is 14.4. The minimum absolute atomic E-state index is 0.0375. The van der Waals surface area contributed by atoms with Crippen LogP contribution in [0.15, 0.2) is 24.3 Å². The Bertz CT molecular complexity index is 684. The van der Waals surface area contributed by atoms with Crippen LogP contribution in [0.2, 0.25) is 0 Å². The van der Waals surface area contributed by atoms with Gasteiger partial charge in [-0.1, -0.05) is 25.0 Å². The lowest BCUT2D eigenvalue weighted by atomic mass is 9.89. The number of carbonyl (C=O) groups is 2. The van der Waals surface area contributed by atoms with E-state index in [1.54, 1.807) is 4.90 Å². The highest BCUT2D eigenvalue weighted by Crippen LogP contribution is 2.45. The van der Waals surface area contributed by atoms with Crippen molar-refractivity contribution in [3.05, 3.63) is 24.3 Å². The minimum atomic E-state index is -0.750. The number of para-hydroxylation sites is 2. The van der Waals surface area contributed by atoms with E-state index in [4.69, 9.17) is 0 Å². The van der Waals surface area contributed by atoms with Crippen molar-refractivity contribution in [3.63, 3.8) is 0 Å². The number of hydrogen-bond donors (Lipinski definition) is 2. The van der Waals surface area contributed by atoms with Crippen molar-refractivity contribution in [2.45, 2.75) is 50.1 Å². The summed E-state index contributed by atoms with van der Waals surface area (Å²) in [5.74, 6) is -0.0956. The first-order valence-corrected chi connectivity index (χ1v) is 9.24. The third-order valence-corrected chi connectivity index (χ3v) is 5.97. The number of nitrogens with zero attached hydrogens (tertiary/aromatic N) is 2. The summed E-state index contributed by atoms with van der Waals surface area (Å²) in [6, 6.07) is 7.60.